The van der Waals surface area contributed by atoms with E-state index in [-0.39, 0.29) is 0 Å². The molecule has 1 aliphatic heterocycles. The molecule has 1 fully saturated rings. The van der Waals surface area contributed by atoms with E-state index in [1.165, 1.54) is 34.6 Å². The van der Waals surface area contributed by atoms with Crippen LogP contribution in [0, 0.1) is 13.8 Å². The first-order valence-electron chi connectivity index (χ1n) is 6.08. The fourth-order valence-electron chi connectivity index (χ4n) is 2.34. The molecule has 0 saturated carbocycles. The van der Waals surface area contributed by atoms with E-state index >= 15 is 0 Å². The van der Waals surface area contributed by atoms with Crippen LogP contribution in [0.4, 0.5) is 0 Å². The lowest BCUT2D eigenvalue weighted by Crippen LogP contribution is -2.31. The molecule has 0 amide bonds. The molecule has 0 spiro atoms. The van der Waals surface area contributed by atoms with E-state index in [4.69, 9.17) is 0 Å². The van der Waals surface area contributed by atoms with Crippen LogP contribution in [0.2, 0.25) is 0 Å². The Labute approximate surface area is 103 Å². The van der Waals surface area contributed by atoms with Crippen molar-refractivity contribution in [3.05, 3.63) is 34.9 Å². The third-order valence-corrected chi connectivity index (χ3v) is 4.48. The van der Waals surface area contributed by atoms with Crippen LogP contribution >= 0.6 is 11.8 Å². The average molecular weight is 235 g/mol. The number of aryl methyl sites for hydroxylation is 2. The Hall–Kier alpha value is -0.470. The van der Waals surface area contributed by atoms with Crippen molar-refractivity contribution in [3.63, 3.8) is 0 Å². The first kappa shape index (κ1) is 12.0. The van der Waals surface area contributed by atoms with Crippen molar-refractivity contribution in [1.82, 2.24) is 5.32 Å². The summed E-state index contributed by atoms with van der Waals surface area (Å²) in [5.74, 6) is 2.59. The molecule has 0 aromatic heterocycles. The van der Waals surface area contributed by atoms with Crippen molar-refractivity contribution in [3.8, 4) is 0 Å². The summed E-state index contributed by atoms with van der Waals surface area (Å²) in [6.07, 6.45) is 1.32. The normalized spacial score (nSPS) is 22.3. The number of nitrogens with one attached hydrogen (secondary N) is 1. The summed E-state index contributed by atoms with van der Waals surface area (Å²) in [6, 6.07) is 7.92. The second-order valence-corrected chi connectivity index (χ2v) is 5.96. The Morgan fingerprint density at radius 2 is 2.19 bits per heavy atom. The maximum atomic E-state index is 3.74. The zero-order valence-electron chi connectivity index (χ0n) is 10.4. The smallest absolute Gasteiger partial charge is 0.0297 e. The van der Waals surface area contributed by atoms with Gasteiger partial charge in [-0.2, -0.15) is 11.8 Å². The van der Waals surface area contributed by atoms with Crippen LogP contribution in [0.1, 0.15) is 36.1 Å². The highest BCUT2D eigenvalue weighted by Gasteiger charge is 2.18. The highest BCUT2D eigenvalue weighted by Crippen LogP contribution is 2.23. The second kappa shape index (κ2) is 5.24. The fraction of sp³-hybridized carbons (Fsp3) is 0.571. The molecular weight excluding hydrogens is 214 g/mol. The average Bonchev–Trinajstić information content (AvgIpc) is 2.74. The van der Waals surface area contributed by atoms with Crippen LogP contribution < -0.4 is 5.32 Å². The molecule has 1 nitrogen and oxygen atoms in total. The molecule has 2 unspecified atom stereocenters. The molecule has 1 saturated heterocycles. The Morgan fingerprint density at radius 1 is 1.38 bits per heavy atom. The molecule has 1 heterocycles. The number of hydrogen-bond donors (Lipinski definition) is 1. The molecule has 88 valence electrons. The Balaban J connectivity index is 2.07. The van der Waals surface area contributed by atoms with Crippen LogP contribution in [-0.4, -0.2) is 17.5 Å². The van der Waals surface area contributed by atoms with Gasteiger partial charge in [0.1, 0.15) is 0 Å². The van der Waals surface area contributed by atoms with Gasteiger partial charge < -0.3 is 5.32 Å². The minimum Gasteiger partial charge on any atom is -0.307 e. The van der Waals surface area contributed by atoms with Crippen molar-refractivity contribution in [1.29, 1.82) is 0 Å². The molecule has 0 radical (unpaired) electrons. The molecule has 1 N–H and O–H groups in total. The Bertz CT molecular complexity index is 356. The first-order valence-corrected chi connectivity index (χ1v) is 7.23. The van der Waals surface area contributed by atoms with Gasteiger partial charge in [0, 0.05) is 17.8 Å². The number of benzene rings is 1. The highest BCUT2D eigenvalue weighted by atomic mass is 32.2. The number of thioether (sulfide) groups is 1. The van der Waals surface area contributed by atoms with E-state index in [1.54, 1.807) is 0 Å². The second-order valence-electron chi connectivity index (χ2n) is 4.81. The predicted molar refractivity (Wildman–Crippen MR) is 73.2 cm³/mol. The van der Waals surface area contributed by atoms with Gasteiger partial charge >= 0.3 is 0 Å². The Kier molecular flexibility index (Phi) is 3.93. The maximum Gasteiger partial charge on any atom is 0.0297 e. The lowest BCUT2D eigenvalue weighted by Gasteiger charge is -2.21. The summed E-state index contributed by atoms with van der Waals surface area (Å²) in [7, 11) is 0. The minimum absolute atomic E-state index is 0.476. The van der Waals surface area contributed by atoms with E-state index < -0.39 is 0 Å². The number of rotatable bonds is 3. The van der Waals surface area contributed by atoms with Gasteiger partial charge in [-0.05, 0) is 44.1 Å². The molecule has 1 aliphatic rings. The van der Waals surface area contributed by atoms with E-state index in [9.17, 15) is 0 Å². The van der Waals surface area contributed by atoms with Gasteiger partial charge in [-0.1, -0.05) is 23.8 Å². The van der Waals surface area contributed by atoms with Gasteiger partial charge in [-0.3, -0.25) is 0 Å². The molecule has 2 atom stereocenters. The van der Waals surface area contributed by atoms with Crippen LogP contribution in [0.15, 0.2) is 18.2 Å². The zero-order valence-corrected chi connectivity index (χ0v) is 11.2. The third kappa shape index (κ3) is 2.80. The molecule has 1 aromatic carbocycles. The van der Waals surface area contributed by atoms with Crippen LogP contribution in [0.3, 0.4) is 0 Å². The van der Waals surface area contributed by atoms with Crippen molar-refractivity contribution in [2.45, 2.75) is 39.3 Å². The molecule has 0 bridgehead atoms. The van der Waals surface area contributed by atoms with Gasteiger partial charge in [-0.25, -0.2) is 0 Å². The summed E-state index contributed by atoms with van der Waals surface area (Å²) in [4.78, 5) is 0. The van der Waals surface area contributed by atoms with Crippen molar-refractivity contribution >= 4 is 11.8 Å². The van der Waals surface area contributed by atoms with Gasteiger partial charge in [0.25, 0.3) is 0 Å². The first-order chi connectivity index (χ1) is 7.66. The Morgan fingerprint density at radius 3 is 2.88 bits per heavy atom. The van der Waals surface area contributed by atoms with E-state index in [0.717, 1.165) is 0 Å². The monoisotopic (exact) mass is 235 g/mol. The summed E-state index contributed by atoms with van der Waals surface area (Å²) in [5.41, 5.74) is 4.21. The lowest BCUT2D eigenvalue weighted by atomic mass is 9.99. The molecular formula is C14H21NS. The lowest BCUT2D eigenvalue weighted by molar-refractivity contribution is 0.484. The summed E-state index contributed by atoms with van der Waals surface area (Å²) in [5, 5.41) is 3.74. The maximum absolute atomic E-state index is 3.74. The summed E-state index contributed by atoms with van der Waals surface area (Å²) >= 11 is 2.06. The molecule has 2 heteroatoms. The quantitative estimate of drug-likeness (QED) is 0.861. The van der Waals surface area contributed by atoms with Crippen LogP contribution in [-0.2, 0) is 0 Å². The van der Waals surface area contributed by atoms with Crippen molar-refractivity contribution < 1.29 is 0 Å². The van der Waals surface area contributed by atoms with Crippen LogP contribution in [0.5, 0.6) is 0 Å². The summed E-state index contributed by atoms with van der Waals surface area (Å²) in [6.45, 7) is 6.65. The highest BCUT2D eigenvalue weighted by molar-refractivity contribution is 7.99. The molecule has 2 rings (SSSR count). The van der Waals surface area contributed by atoms with Crippen molar-refractivity contribution in [2.24, 2.45) is 0 Å². The minimum atomic E-state index is 0.476. The summed E-state index contributed by atoms with van der Waals surface area (Å²) < 4.78 is 0. The van der Waals surface area contributed by atoms with Crippen molar-refractivity contribution in [2.75, 3.05) is 11.5 Å². The van der Waals surface area contributed by atoms with Gasteiger partial charge in [0.2, 0.25) is 0 Å². The standard InChI is InChI=1S/C14H21NS/c1-10-4-5-11(2)14(8-10)12(3)15-13-6-7-16-9-13/h4-5,8,12-13,15H,6-7,9H2,1-3H3. The van der Waals surface area contributed by atoms with Gasteiger partial charge in [0.15, 0.2) is 0 Å². The van der Waals surface area contributed by atoms with E-state index in [0.29, 0.717) is 12.1 Å². The predicted octanol–water partition coefficient (Wildman–Crippen LogP) is 3.46. The molecule has 1 aromatic rings. The van der Waals surface area contributed by atoms with Gasteiger partial charge in [-0.15, -0.1) is 0 Å². The largest absolute Gasteiger partial charge is 0.307 e. The fourth-order valence-corrected chi connectivity index (χ4v) is 3.50. The topological polar surface area (TPSA) is 12.0 Å². The zero-order chi connectivity index (χ0) is 11.5. The molecule has 16 heavy (non-hydrogen) atoms. The van der Waals surface area contributed by atoms with E-state index in [1.807, 2.05) is 0 Å². The SMILES string of the molecule is Cc1ccc(C)c(C(C)NC2CCSC2)c1. The van der Waals surface area contributed by atoms with Gasteiger partial charge in [0.05, 0.1) is 0 Å². The van der Waals surface area contributed by atoms with E-state index in [2.05, 4.69) is 56.0 Å². The number of hydrogen-bond acceptors (Lipinski definition) is 2. The third-order valence-electron chi connectivity index (χ3n) is 3.32. The van der Waals surface area contributed by atoms with Crippen LogP contribution in [0.25, 0.3) is 0 Å². The molecule has 0 aliphatic carbocycles.